The molecule has 0 aliphatic rings. The smallest absolute Gasteiger partial charge is 0.241 e. The van der Waals surface area contributed by atoms with E-state index in [0.29, 0.717) is 32.3 Å². The summed E-state index contributed by atoms with van der Waals surface area (Å²) in [7, 11) is 0. The predicted molar refractivity (Wildman–Crippen MR) is 121 cm³/mol. The molecule has 0 saturated heterocycles. The number of hydrogen-bond donors (Lipinski definition) is 3. The summed E-state index contributed by atoms with van der Waals surface area (Å²) < 4.78 is 11.2. The highest BCUT2D eigenvalue weighted by Crippen LogP contribution is 2.28. The van der Waals surface area contributed by atoms with E-state index in [1.165, 1.54) is 0 Å². The highest BCUT2D eigenvalue weighted by Gasteiger charge is 2.07. The van der Waals surface area contributed by atoms with Crippen LogP contribution in [0.15, 0.2) is 23.2 Å². The number of halogens is 1. The number of amides is 1. The van der Waals surface area contributed by atoms with Crippen LogP contribution < -0.4 is 25.4 Å². The molecule has 0 saturated carbocycles. The van der Waals surface area contributed by atoms with Crippen LogP contribution in [0.3, 0.4) is 0 Å². The van der Waals surface area contributed by atoms with E-state index >= 15 is 0 Å². The summed E-state index contributed by atoms with van der Waals surface area (Å²) in [5.41, 5.74) is 1.14. The van der Waals surface area contributed by atoms with E-state index in [2.05, 4.69) is 20.9 Å². The average Bonchev–Trinajstić information content (AvgIpc) is 2.62. The van der Waals surface area contributed by atoms with Gasteiger partial charge in [0.05, 0.1) is 13.2 Å². The van der Waals surface area contributed by atoms with Gasteiger partial charge in [0.15, 0.2) is 17.5 Å². The Labute approximate surface area is 179 Å². The first kappa shape index (κ1) is 25.3. The lowest BCUT2D eigenvalue weighted by Crippen LogP contribution is -2.39. The quantitative estimate of drug-likeness (QED) is 0.251. The number of nitrogens with zero attached hydrogens (tertiary/aromatic N) is 1. The van der Waals surface area contributed by atoms with Gasteiger partial charge >= 0.3 is 0 Å². The number of nitrogens with one attached hydrogen (secondary N) is 3. The Balaban J connectivity index is 0.00000676. The topological polar surface area (TPSA) is 84.0 Å². The highest BCUT2D eigenvalue weighted by molar-refractivity contribution is 14.0. The molecule has 27 heavy (non-hydrogen) atoms. The number of carbonyl (C=O) groups excluding carboxylic acids is 1. The second-order valence-electron chi connectivity index (χ2n) is 5.47. The van der Waals surface area contributed by atoms with Crippen molar-refractivity contribution in [2.24, 2.45) is 4.99 Å². The maximum atomic E-state index is 11.5. The molecule has 0 aromatic heterocycles. The molecule has 0 spiro atoms. The highest BCUT2D eigenvalue weighted by atomic mass is 127. The Kier molecular flexibility index (Phi) is 14.4. The maximum Gasteiger partial charge on any atom is 0.241 e. The molecule has 0 bridgehead atoms. The fourth-order valence-corrected chi connectivity index (χ4v) is 2.32. The van der Waals surface area contributed by atoms with Crippen LogP contribution in [0.25, 0.3) is 0 Å². The lowest BCUT2D eigenvalue weighted by atomic mass is 10.1. The Hall–Kier alpha value is -1.71. The van der Waals surface area contributed by atoms with E-state index < -0.39 is 0 Å². The minimum absolute atomic E-state index is 0. The van der Waals surface area contributed by atoms with Crippen molar-refractivity contribution in [3.63, 3.8) is 0 Å². The van der Waals surface area contributed by atoms with E-state index in [4.69, 9.17) is 9.47 Å². The number of guanidine groups is 1. The Morgan fingerprint density at radius 2 is 1.63 bits per heavy atom. The van der Waals surface area contributed by atoms with Crippen molar-refractivity contribution in [3.05, 3.63) is 23.8 Å². The van der Waals surface area contributed by atoms with Gasteiger partial charge in [-0.3, -0.25) is 4.79 Å². The molecule has 0 fully saturated rings. The first-order chi connectivity index (χ1) is 12.6. The zero-order valence-corrected chi connectivity index (χ0v) is 19.1. The van der Waals surface area contributed by atoms with E-state index in [1.54, 1.807) is 0 Å². The number of likely N-dealkylation sites (N-methyl/N-ethyl adjacent to an activating group) is 1. The second kappa shape index (κ2) is 15.4. The summed E-state index contributed by atoms with van der Waals surface area (Å²) >= 11 is 0. The molecule has 0 atom stereocenters. The molecule has 0 heterocycles. The number of carbonyl (C=O) groups is 1. The number of hydrogen-bond acceptors (Lipinski definition) is 4. The molecular weight excluding hydrogens is 459 g/mol. The molecule has 3 N–H and O–H groups in total. The molecule has 1 rings (SSSR count). The monoisotopic (exact) mass is 492 g/mol. The van der Waals surface area contributed by atoms with Crippen molar-refractivity contribution >= 4 is 35.8 Å². The summed E-state index contributed by atoms with van der Waals surface area (Å²) in [5, 5.41) is 9.11. The van der Waals surface area contributed by atoms with Gasteiger partial charge in [-0.05, 0) is 51.8 Å². The summed E-state index contributed by atoms with van der Waals surface area (Å²) in [6.07, 6.45) is 0.804. The van der Waals surface area contributed by atoms with Crippen molar-refractivity contribution in [2.45, 2.75) is 34.1 Å². The van der Waals surface area contributed by atoms with Crippen molar-refractivity contribution in [3.8, 4) is 11.5 Å². The summed E-state index contributed by atoms with van der Waals surface area (Å²) in [4.78, 5) is 15.8. The summed E-state index contributed by atoms with van der Waals surface area (Å²) in [6.45, 7) is 11.1. The van der Waals surface area contributed by atoms with E-state index in [9.17, 15) is 4.79 Å². The van der Waals surface area contributed by atoms with Crippen molar-refractivity contribution < 1.29 is 14.3 Å². The molecule has 7 nitrogen and oxygen atoms in total. The second-order valence-corrected chi connectivity index (χ2v) is 5.47. The zero-order chi connectivity index (χ0) is 19.2. The first-order valence-corrected chi connectivity index (χ1v) is 9.31. The van der Waals surface area contributed by atoms with Gasteiger partial charge < -0.3 is 25.4 Å². The largest absolute Gasteiger partial charge is 0.490 e. The molecule has 1 amide bonds. The summed E-state index contributed by atoms with van der Waals surface area (Å²) in [5.74, 6) is 2.08. The number of ether oxygens (including phenoxy) is 2. The maximum absolute atomic E-state index is 11.5. The van der Waals surface area contributed by atoms with Gasteiger partial charge in [0, 0.05) is 19.6 Å². The van der Waals surface area contributed by atoms with Gasteiger partial charge in [-0.1, -0.05) is 6.07 Å². The molecular formula is C19H33IN4O3. The average molecular weight is 492 g/mol. The molecule has 0 aliphatic carbocycles. The Morgan fingerprint density at radius 1 is 0.963 bits per heavy atom. The third-order valence-electron chi connectivity index (χ3n) is 3.41. The number of rotatable bonds is 11. The lowest BCUT2D eigenvalue weighted by Gasteiger charge is -2.14. The third kappa shape index (κ3) is 10.3. The molecule has 8 heteroatoms. The van der Waals surface area contributed by atoms with Gasteiger partial charge in [0.2, 0.25) is 5.91 Å². The van der Waals surface area contributed by atoms with Crippen molar-refractivity contribution in [1.82, 2.24) is 16.0 Å². The lowest BCUT2D eigenvalue weighted by molar-refractivity contribution is -0.119. The van der Waals surface area contributed by atoms with Crippen LogP contribution in [-0.2, 0) is 11.2 Å². The first-order valence-electron chi connectivity index (χ1n) is 9.31. The predicted octanol–water partition coefficient (Wildman–Crippen LogP) is 2.34. The van der Waals surface area contributed by atoms with E-state index in [1.807, 2.05) is 45.9 Å². The Bertz CT molecular complexity index is 582. The fourth-order valence-electron chi connectivity index (χ4n) is 2.32. The zero-order valence-electron chi connectivity index (χ0n) is 16.8. The third-order valence-corrected chi connectivity index (χ3v) is 3.41. The van der Waals surface area contributed by atoms with Crippen LogP contribution in [-0.4, -0.2) is 51.3 Å². The van der Waals surface area contributed by atoms with Crippen LogP contribution in [0.4, 0.5) is 0 Å². The SMILES string of the molecule is CCNC(=O)CN=C(NCC)NCCc1ccc(OCC)c(OCC)c1.I. The van der Waals surface area contributed by atoms with Gasteiger partial charge in [-0.2, -0.15) is 0 Å². The van der Waals surface area contributed by atoms with E-state index in [0.717, 1.165) is 30.0 Å². The molecule has 1 aromatic rings. The molecule has 1 aromatic carbocycles. The number of aliphatic imine (C=N–C) groups is 1. The van der Waals surface area contributed by atoms with Gasteiger partial charge in [0.25, 0.3) is 0 Å². The molecule has 0 radical (unpaired) electrons. The molecule has 0 unspecified atom stereocenters. The van der Waals surface area contributed by atoms with Gasteiger partial charge in [0.1, 0.15) is 6.54 Å². The summed E-state index contributed by atoms with van der Waals surface area (Å²) in [6, 6.07) is 5.99. The minimum atomic E-state index is -0.0856. The minimum Gasteiger partial charge on any atom is -0.490 e. The van der Waals surface area contributed by atoms with Crippen molar-refractivity contribution in [2.75, 3.05) is 39.4 Å². The molecule has 0 aliphatic heterocycles. The van der Waals surface area contributed by atoms with Gasteiger partial charge in [-0.25, -0.2) is 4.99 Å². The van der Waals surface area contributed by atoms with Crippen LogP contribution in [0.2, 0.25) is 0 Å². The van der Waals surface area contributed by atoms with Crippen LogP contribution >= 0.6 is 24.0 Å². The van der Waals surface area contributed by atoms with Gasteiger partial charge in [-0.15, -0.1) is 24.0 Å². The standard InChI is InChI=1S/C19H32N4O3.HI/c1-5-20-18(24)14-23-19(21-6-2)22-12-11-15-9-10-16(25-7-3)17(13-15)26-8-4;/h9-10,13H,5-8,11-12,14H2,1-4H3,(H,20,24)(H2,21,22,23);1H. The van der Waals surface area contributed by atoms with Crippen LogP contribution in [0, 0.1) is 0 Å². The van der Waals surface area contributed by atoms with Crippen LogP contribution in [0.5, 0.6) is 11.5 Å². The van der Waals surface area contributed by atoms with Crippen LogP contribution in [0.1, 0.15) is 33.3 Å². The number of benzene rings is 1. The normalized spacial score (nSPS) is 10.6. The molecule has 154 valence electrons. The van der Waals surface area contributed by atoms with Crippen molar-refractivity contribution in [1.29, 1.82) is 0 Å². The Morgan fingerprint density at radius 3 is 2.26 bits per heavy atom. The van der Waals surface area contributed by atoms with E-state index in [-0.39, 0.29) is 36.4 Å². The fraction of sp³-hybridized carbons (Fsp3) is 0.579.